The Labute approximate surface area is 145 Å². The molecular weight excluding hydrogens is 326 g/mol. The molecule has 0 saturated carbocycles. The van der Waals surface area contributed by atoms with E-state index in [-0.39, 0.29) is 29.5 Å². The molecule has 0 spiro atoms. The minimum Gasteiger partial charge on any atom is -0.383 e. The predicted octanol–water partition coefficient (Wildman–Crippen LogP) is 0.959. The van der Waals surface area contributed by atoms with Crippen molar-refractivity contribution in [2.45, 2.75) is 13.3 Å². The van der Waals surface area contributed by atoms with E-state index in [1.165, 1.54) is 25.1 Å². The summed E-state index contributed by atoms with van der Waals surface area (Å²) >= 11 is 0. The van der Waals surface area contributed by atoms with Gasteiger partial charge in [0.2, 0.25) is 11.8 Å². The van der Waals surface area contributed by atoms with Crippen LogP contribution in [-0.2, 0) is 9.59 Å². The van der Waals surface area contributed by atoms with Crippen LogP contribution in [0.1, 0.15) is 18.9 Å². The van der Waals surface area contributed by atoms with Gasteiger partial charge in [-0.1, -0.05) is 0 Å². The molecule has 0 atom stereocenters. The number of carbonyl (C=O) groups is 2. The van der Waals surface area contributed by atoms with Crippen molar-refractivity contribution in [1.82, 2.24) is 9.80 Å². The lowest BCUT2D eigenvalue weighted by Gasteiger charge is -2.34. The van der Waals surface area contributed by atoms with E-state index in [0.717, 1.165) is 0 Å². The van der Waals surface area contributed by atoms with Crippen LogP contribution in [0, 0.1) is 21.4 Å². The number of nitrogens with zero attached hydrogens (tertiary/aromatic N) is 4. The zero-order valence-electron chi connectivity index (χ0n) is 13.9. The minimum atomic E-state index is -0.561. The standard InChI is InChI=1S/C16H19N5O4/c1-12(22)19-6-8-20(9-7-19)16(23)4-5-18-15-3-2-14(21(24)25)10-13(15)11-17/h2-3,10,18H,4-9H2,1H3. The number of carbonyl (C=O) groups excluding carboxylic acids is 2. The Kier molecular flexibility index (Phi) is 5.89. The number of hydrogen-bond acceptors (Lipinski definition) is 6. The Bertz CT molecular complexity index is 720. The number of amides is 2. The molecule has 1 saturated heterocycles. The quantitative estimate of drug-likeness (QED) is 0.627. The largest absolute Gasteiger partial charge is 0.383 e. The monoisotopic (exact) mass is 345 g/mol. The number of anilines is 1. The van der Waals surface area contributed by atoms with Crippen molar-refractivity contribution in [3.63, 3.8) is 0 Å². The van der Waals surface area contributed by atoms with Crippen molar-refractivity contribution in [2.75, 3.05) is 38.0 Å². The third-order valence-electron chi connectivity index (χ3n) is 4.07. The van der Waals surface area contributed by atoms with Crippen LogP contribution < -0.4 is 5.32 Å². The molecule has 1 aliphatic rings. The van der Waals surface area contributed by atoms with E-state index in [0.29, 0.717) is 38.4 Å². The van der Waals surface area contributed by atoms with E-state index in [1.807, 2.05) is 6.07 Å². The summed E-state index contributed by atoms with van der Waals surface area (Å²) in [6.07, 6.45) is 0.238. The molecule has 1 aromatic carbocycles. The summed E-state index contributed by atoms with van der Waals surface area (Å²) in [5.74, 6) is -0.0212. The van der Waals surface area contributed by atoms with E-state index >= 15 is 0 Å². The highest BCUT2D eigenvalue weighted by atomic mass is 16.6. The first-order valence-corrected chi connectivity index (χ1v) is 7.88. The number of nitriles is 1. The van der Waals surface area contributed by atoms with E-state index < -0.39 is 4.92 Å². The maximum atomic E-state index is 12.2. The number of benzene rings is 1. The highest BCUT2D eigenvalue weighted by Crippen LogP contribution is 2.21. The number of non-ortho nitro benzene ring substituents is 1. The van der Waals surface area contributed by atoms with Gasteiger partial charge in [-0.2, -0.15) is 5.26 Å². The molecule has 1 N–H and O–H groups in total. The first kappa shape index (κ1) is 18.2. The zero-order chi connectivity index (χ0) is 18.4. The van der Waals surface area contributed by atoms with Gasteiger partial charge in [-0.15, -0.1) is 0 Å². The number of nitro benzene ring substituents is 1. The van der Waals surface area contributed by atoms with E-state index in [4.69, 9.17) is 5.26 Å². The maximum absolute atomic E-state index is 12.2. The third-order valence-corrected chi connectivity index (χ3v) is 4.07. The zero-order valence-corrected chi connectivity index (χ0v) is 13.9. The molecule has 25 heavy (non-hydrogen) atoms. The normalized spacial score (nSPS) is 13.9. The van der Waals surface area contributed by atoms with E-state index in [1.54, 1.807) is 9.80 Å². The second-order valence-electron chi connectivity index (χ2n) is 5.66. The Morgan fingerprint density at radius 2 is 1.92 bits per heavy atom. The number of rotatable bonds is 5. The molecule has 1 fully saturated rings. The van der Waals surface area contributed by atoms with Gasteiger partial charge in [0.05, 0.1) is 16.2 Å². The second kappa shape index (κ2) is 8.10. The molecule has 132 valence electrons. The third kappa shape index (κ3) is 4.67. The van der Waals surface area contributed by atoms with Crippen LogP contribution >= 0.6 is 0 Å². The van der Waals surface area contributed by atoms with Gasteiger partial charge >= 0.3 is 0 Å². The summed E-state index contributed by atoms with van der Waals surface area (Å²) < 4.78 is 0. The summed E-state index contributed by atoms with van der Waals surface area (Å²) in [4.78, 5) is 37.0. The first-order valence-electron chi connectivity index (χ1n) is 7.88. The fraction of sp³-hybridized carbons (Fsp3) is 0.438. The van der Waals surface area contributed by atoms with Crippen LogP contribution in [0.5, 0.6) is 0 Å². The average molecular weight is 345 g/mol. The van der Waals surface area contributed by atoms with Crippen molar-refractivity contribution >= 4 is 23.2 Å². The van der Waals surface area contributed by atoms with Crippen LogP contribution in [-0.4, -0.2) is 59.3 Å². The number of nitro groups is 1. The smallest absolute Gasteiger partial charge is 0.270 e. The molecule has 0 radical (unpaired) electrons. The lowest BCUT2D eigenvalue weighted by molar-refractivity contribution is -0.384. The summed E-state index contributed by atoms with van der Waals surface area (Å²) in [6, 6.07) is 5.88. The molecule has 1 heterocycles. The Balaban J connectivity index is 1.85. The maximum Gasteiger partial charge on any atom is 0.270 e. The Hall–Kier alpha value is -3.15. The molecule has 2 amide bonds. The van der Waals surface area contributed by atoms with E-state index in [9.17, 15) is 19.7 Å². The van der Waals surface area contributed by atoms with Crippen molar-refractivity contribution in [1.29, 1.82) is 5.26 Å². The highest BCUT2D eigenvalue weighted by molar-refractivity contribution is 5.78. The predicted molar refractivity (Wildman–Crippen MR) is 89.8 cm³/mol. The number of piperazine rings is 1. The van der Waals surface area contributed by atoms with Crippen molar-refractivity contribution in [3.05, 3.63) is 33.9 Å². The molecule has 2 rings (SSSR count). The molecule has 1 aromatic rings. The summed E-state index contributed by atoms with van der Waals surface area (Å²) in [5, 5.41) is 22.8. The molecule has 9 heteroatoms. The number of hydrogen-bond donors (Lipinski definition) is 1. The molecule has 0 unspecified atom stereocenters. The fourth-order valence-electron chi connectivity index (χ4n) is 2.63. The summed E-state index contributed by atoms with van der Waals surface area (Å²) in [6.45, 7) is 3.93. The van der Waals surface area contributed by atoms with Gasteiger partial charge in [0.15, 0.2) is 0 Å². The van der Waals surface area contributed by atoms with Gasteiger partial charge in [-0.3, -0.25) is 19.7 Å². The van der Waals surface area contributed by atoms with Crippen LogP contribution in [0.2, 0.25) is 0 Å². The lowest BCUT2D eigenvalue weighted by Crippen LogP contribution is -2.50. The molecule has 9 nitrogen and oxygen atoms in total. The van der Waals surface area contributed by atoms with Gasteiger partial charge in [0.25, 0.3) is 5.69 Å². The van der Waals surface area contributed by atoms with E-state index in [2.05, 4.69) is 5.32 Å². The van der Waals surface area contributed by atoms with Gasteiger partial charge in [-0.05, 0) is 6.07 Å². The summed E-state index contributed by atoms with van der Waals surface area (Å²) in [7, 11) is 0. The van der Waals surface area contributed by atoms with Crippen molar-refractivity contribution in [3.8, 4) is 6.07 Å². The number of nitrogens with one attached hydrogen (secondary N) is 1. The lowest BCUT2D eigenvalue weighted by atomic mass is 10.1. The molecule has 0 aromatic heterocycles. The van der Waals surface area contributed by atoms with Gasteiger partial charge < -0.3 is 15.1 Å². The fourth-order valence-corrected chi connectivity index (χ4v) is 2.63. The minimum absolute atomic E-state index is 0.0102. The van der Waals surface area contributed by atoms with Gasteiger partial charge in [0.1, 0.15) is 6.07 Å². The highest BCUT2D eigenvalue weighted by Gasteiger charge is 2.22. The van der Waals surface area contributed by atoms with Gasteiger partial charge in [0, 0.05) is 58.2 Å². The first-order chi connectivity index (χ1) is 11.9. The summed E-state index contributed by atoms with van der Waals surface area (Å²) in [5.41, 5.74) is 0.473. The van der Waals surface area contributed by atoms with Crippen molar-refractivity contribution < 1.29 is 14.5 Å². The molecule has 1 aliphatic heterocycles. The van der Waals surface area contributed by atoms with Crippen LogP contribution in [0.4, 0.5) is 11.4 Å². The van der Waals surface area contributed by atoms with Crippen LogP contribution in [0.25, 0.3) is 0 Å². The Morgan fingerprint density at radius 1 is 1.28 bits per heavy atom. The SMILES string of the molecule is CC(=O)N1CCN(C(=O)CCNc2ccc([N+](=O)[O-])cc2C#N)CC1. The molecular formula is C16H19N5O4. The van der Waals surface area contributed by atoms with Gasteiger partial charge in [-0.25, -0.2) is 0 Å². The van der Waals surface area contributed by atoms with Crippen LogP contribution in [0.3, 0.4) is 0 Å². The Morgan fingerprint density at radius 3 is 2.48 bits per heavy atom. The van der Waals surface area contributed by atoms with Crippen LogP contribution in [0.15, 0.2) is 18.2 Å². The topological polar surface area (TPSA) is 120 Å². The van der Waals surface area contributed by atoms with Crippen molar-refractivity contribution in [2.24, 2.45) is 0 Å². The molecule has 0 aliphatic carbocycles. The molecule has 0 bridgehead atoms. The average Bonchev–Trinajstić information content (AvgIpc) is 2.61. The second-order valence-corrected chi connectivity index (χ2v) is 5.66.